The summed E-state index contributed by atoms with van der Waals surface area (Å²) in [7, 11) is -4.89. The maximum atomic E-state index is 13.8. The number of carbonyl (C=O) groups is 2. The van der Waals surface area contributed by atoms with Crippen LogP contribution in [0.1, 0.15) is 18.9 Å². The van der Waals surface area contributed by atoms with E-state index in [4.69, 9.17) is 26.1 Å². The van der Waals surface area contributed by atoms with Gasteiger partial charge >= 0.3 is 13.9 Å². The number of benzene rings is 2. The van der Waals surface area contributed by atoms with E-state index in [1.807, 2.05) is 0 Å². The fourth-order valence-corrected chi connectivity index (χ4v) is 4.85. The van der Waals surface area contributed by atoms with Gasteiger partial charge in [0, 0.05) is 19.9 Å². The second-order valence-electron chi connectivity index (χ2n) is 8.12. The van der Waals surface area contributed by atoms with E-state index in [9.17, 15) is 28.0 Å². The Morgan fingerprint density at radius 3 is 2.67 bits per heavy atom. The van der Waals surface area contributed by atoms with Crippen LogP contribution in [0.4, 0.5) is 18.7 Å². The summed E-state index contributed by atoms with van der Waals surface area (Å²) in [5.74, 6) is -1.74. The number of phosphoric ester groups is 1. The van der Waals surface area contributed by atoms with Gasteiger partial charge in [-0.1, -0.05) is 35.1 Å². The van der Waals surface area contributed by atoms with Crippen molar-refractivity contribution in [1.29, 1.82) is 0 Å². The van der Waals surface area contributed by atoms with Crippen LogP contribution < -0.4 is 10.7 Å². The summed E-state index contributed by atoms with van der Waals surface area (Å²) in [6, 6.07) is 6.92. The normalized spacial score (nSPS) is 13.2. The first-order chi connectivity index (χ1) is 18.3. The lowest BCUT2D eigenvalue weighted by Gasteiger charge is -2.32. The molecule has 1 aromatic heterocycles. The van der Waals surface area contributed by atoms with E-state index in [0.717, 1.165) is 22.4 Å². The van der Waals surface area contributed by atoms with E-state index in [2.05, 4.69) is 20.3 Å². The number of halogens is 3. The first kappa shape index (κ1) is 30.8. The van der Waals surface area contributed by atoms with Gasteiger partial charge in [-0.2, -0.15) is 0 Å². The lowest BCUT2D eigenvalue weighted by molar-refractivity contribution is -0.137. The van der Waals surface area contributed by atoms with E-state index >= 15 is 0 Å². The minimum absolute atomic E-state index is 0.120. The van der Waals surface area contributed by atoms with Crippen LogP contribution in [0.25, 0.3) is 10.2 Å². The molecule has 2 unspecified atom stereocenters. The molecule has 2 atom stereocenters. The third-order valence-corrected chi connectivity index (χ3v) is 6.96. The molecule has 0 aliphatic carbocycles. The molecular formula is C22H24ClF2N4O8PS. The van der Waals surface area contributed by atoms with Crippen LogP contribution in [-0.4, -0.2) is 62.2 Å². The zero-order chi connectivity index (χ0) is 28.7. The van der Waals surface area contributed by atoms with Gasteiger partial charge in [-0.25, -0.2) is 28.6 Å². The molecule has 39 heavy (non-hydrogen) atoms. The van der Waals surface area contributed by atoms with Crippen molar-refractivity contribution < 1.29 is 47.1 Å². The number of thiazole rings is 1. The van der Waals surface area contributed by atoms with Crippen LogP contribution in [0.2, 0.25) is 5.02 Å². The quantitative estimate of drug-likeness (QED) is 0.151. The van der Waals surface area contributed by atoms with Gasteiger partial charge in [0.25, 0.3) is 0 Å². The lowest BCUT2D eigenvalue weighted by Crippen LogP contribution is -2.52. The number of fused-ring (bicyclic) bond motifs is 1. The van der Waals surface area contributed by atoms with E-state index in [1.165, 1.54) is 37.3 Å². The molecule has 12 nitrogen and oxygen atoms in total. The van der Waals surface area contributed by atoms with Crippen LogP contribution in [-0.2, 0) is 25.2 Å². The molecule has 2 aromatic carbocycles. The summed E-state index contributed by atoms with van der Waals surface area (Å²) in [4.78, 5) is 46.8. The predicted molar refractivity (Wildman–Crippen MR) is 138 cm³/mol. The van der Waals surface area contributed by atoms with E-state index in [1.54, 1.807) is 0 Å². The van der Waals surface area contributed by atoms with Gasteiger partial charge in [0.2, 0.25) is 5.91 Å². The summed E-state index contributed by atoms with van der Waals surface area (Å²) in [6.45, 7) is -0.235. The molecule has 212 valence electrons. The Bertz CT molecular complexity index is 1380. The Balaban J connectivity index is 1.71. The number of nitrogens with zero attached hydrogens (tertiary/aromatic N) is 2. The van der Waals surface area contributed by atoms with Crippen molar-refractivity contribution in [2.24, 2.45) is 0 Å². The molecule has 0 saturated heterocycles. The van der Waals surface area contributed by atoms with Crippen LogP contribution in [0.3, 0.4) is 0 Å². The van der Waals surface area contributed by atoms with Gasteiger partial charge in [-0.3, -0.25) is 19.6 Å². The highest BCUT2D eigenvalue weighted by atomic mass is 35.5. The summed E-state index contributed by atoms with van der Waals surface area (Å²) in [5.41, 5.74) is 3.50. The molecule has 1 heterocycles. The number of aliphatic hydroxyl groups is 1. The van der Waals surface area contributed by atoms with Crippen LogP contribution in [0, 0.1) is 11.6 Å². The average Bonchev–Trinajstić information content (AvgIpc) is 3.24. The first-order valence-electron chi connectivity index (χ1n) is 11.2. The second-order valence-corrected chi connectivity index (χ2v) is 10.8. The molecule has 2 amide bonds. The van der Waals surface area contributed by atoms with Crippen molar-refractivity contribution >= 4 is 58.1 Å². The molecule has 0 radical (unpaired) electrons. The second kappa shape index (κ2) is 13.5. The predicted octanol–water partition coefficient (Wildman–Crippen LogP) is 3.56. The highest BCUT2D eigenvalue weighted by Crippen LogP contribution is 2.36. The molecule has 3 rings (SSSR count). The van der Waals surface area contributed by atoms with Gasteiger partial charge in [0.1, 0.15) is 18.2 Å². The van der Waals surface area contributed by atoms with Gasteiger partial charge < -0.3 is 19.6 Å². The summed E-state index contributed by atoms with van der Waals surface area (Å²) in [6.07, 6.45) is -2.82. The molecule has 17 heteroatoms. The number of nitrogens with one attached hydrogen (secondary N) is 2. The van der Waals surface area contributed by atoms with E-state index < -0.39 is 56.8 Å². The van der Waals surface area contributed by atoms with Crippen molar-refractivity contribution in [3.63, 3.8) is 0 Å². The average molecular weight is 609 g/mol. The van der Waals surface area contributed by atoms with Crippen LogP contribution >= 0.6 is 30.8 Å². The highest BCUT2D eigenvalue weighted by molar-refractivity contribution is 7.46. The van der Waals surface area contributed by atoms with Crippen molar-refractivity contribution in [3.8, 4) is 0 Å². The Morgan fingerprint density at radius 2 is 1.97 bits per heavy atom. The molecule has 0 bridgehead atoms. The maximum Gasteiger partial charge on any atom is 0.469 e. The third-order valence-electron chi connectivity index (χ3n) is 5.12. The van der Waals surface area contributed by atoms with Crippen molar-refractivity contribution in [3.05, 3.63) is 58.6 Å². The molecule has 5 N–H and O–H groups in total. The van der Waals surface area contributed by atoms with Crippen molar-refractivity contribution in [2.75, 3.05) is 18.5 Å². The number of hydrogen-bond acceptors (Lipinski definition) is 9. The van der Waals surface area contributed by atoms with Crippen LogP contribution in [0.15, 0.2) is 36.4 Å². The van der Waals surface area contributed by atoms with Gasteiger partial charge in [-0.05, 0) is 29.8 Å². The fourth-order valence-electron chi connectivity index (χ4n) is 3.41. The largest absolute Gasteiger partial charge is 0.469 e. The van der Waals surface area contributed by atoms with Gasteiger partial charge in [-0.15, -0.1) is 0 Å². The minimum Gasteiger partial charge on any atom is -0.447 e. The van der Waals surface area contributed by atoms with E-state index in [-0.39, 0.29) is 23.1 Å². The number of hydrogen-bond donors (Lipinski definition) is 5. The monoisotopic (exact) mass is 608 g/mol. The number of anilines is 1. The van der Waals surface area contributed by atoms with E-state index in [0.29, 0.717) is 15.8 Å². The number of phosphoric acid groups is 1. The number of hydrazine groups is 1. The summed E-state index contributed by atoms with van der Waals surface area (Å²) < 4.78 is 48.2. The lowest BCUT2D eigenvalue weighted by atomic mass is 10.1. The number of aromatic nitrogens is 1. The molecule has 0 spiro atoms. The van der Waals surface area contributed by atoms with Crippen molar-refractivity contribution in [1.82, 2.24) is 15.4 Å². The Labute approximate surface area is 229 Å². The number of ether oxygens (including phenoxy) is 1. The zero-order valence-corrected chi connectivity index (χ0v) is 22.7. The SMILES string of the molecule is CC(=O)N(NCc1cccc(F)c1Cl)C(COC(=O)Nc1nc2ccc(F)cc2s1)CC(O)COP(=O)(O)O. The minimum atomic E-state index is -4.89. The van der Waals surface area contributed by atoms with Crippen molar-refractivity contribution in [2.45, 2.75) is 32.0 Å². The first-order valence-corrected chi connectivity index (χ1v) is 13.9. The molecule has 0 aliphatic heterocycles. The number of rotatable bonds is 12. The summed E-state index contributed by atoms with van der Waals surface area (Å²) in [5, 5.41) is 13.6. The van der Waals surface area contributed by atoms with Gasteiger partial charge in [0.15, 0.2) is 5.13 Å². The third kappa shape index (κ3) is 9.44. The Hall–Kier alpha value is -2.75. The smallest absolute Gasteiger partial charge is 0.447 e. The standard InChI is InChI=1S/C22H24ClF2N4O8PS/c1-12(30)29(26-9-13-3-2-4-17(25)20(13)23)15(8-16(31)11-37-38(33,34)35)10-36-22(32)28-21-27-18-6-5-14(24)7-19(18)39-21/h2-7,15-16,26,31H,8-11H2,1H3,(H,27,28,32)(H2,33,34,35). The summed E-state index contributed by atoms with van der Waals surface area (Å²) >= 11 is 6.97. The van der Waals surface area contributed by atoms with Gasteiger partial charge in [0.05, 0.1) is 34.0 Å². The highest BCUT2D eigenvalue weighted by Gasteiger charge is 2.28. The zero-order valence-electron chi connectivity index (χ0n) is 20.2. The molecule has 3 aromatic rings. The number of amides is 2. The Morgan fingerprint density at radius 1 is 1.23 bits per heavy atom. The van der Waals surface area contributed by atoms with Crippen LogP contribution in [0.5, 0.6) is 0 Å². The number of aliphatic hydroxyl groups excluding tert-OH is 1. The molecule has 0 saturated carbocycles. The maximum absolute atomic E-state index is 13.8. The molecular weight excluding hydrogens is 585 g/mol. The fraction of sp³-hybridized carbons (Fsp3) is 0.318. The number of carbonyl (C=O) groups excluding carboxylic acids is 2. The Kier molecular flexibility index (Phi) is 10.7. The topological polar surface area (TPSA) is 171 Å². The molecule has 0 aliphatic rings. The molecule has 0 fully saturated rings.